The highest BCUT2D eigenvalue weighted by Gasteiger charge is 2.33. The number of unbranched alkanes of at least 4 members (excludes halogenated alkanes) is 9. The Bertz CT molecular complexity index is 482. The Kier molecular flexibility index (Phi) is 16.6. The lowest BCUT2D eigenvalue weighted by atomic mass is 9.82. The first-order chi connectivity index (χ1) is 15.5. The molecule has 0 aliphatic heterocycles. The summed E-state index contributed by atoms with van der Waals surface area (Å²) in [6.07, 6.45) is 21.0. The number of ether oxygens (including phenoxy) is 1. The van der Waals surface area contributed by atoms with Crippen molar-refractivity contribution in [3.05, 3.63) is 0 Å². The van der Waals surface area contributed by atoms with Crippen LogP contribution in [0.5, 0.6) is 0 Å². The Labute approximate surface area is 198 Å². The summed E-state index contributed by atoms with van der Waals surface area (Å²) in [6.45, 7) is 6.72. The summed E-state index contributed by atoms with van der Waals surface area (Å²) >= 11 is 0. The second kappa shape index (κ2) is 18.4. The molecule has 1 N–H and O–H groups in total. The molecular formula is C28H52O4. The third kappa shape index (κ3) is 12.3. The van der Waals surface area contributed by atoms with Crippen molar-refractivity contribution in [2.24, 2.45) is 17.8 Å². The third-order valence-electron chi connectivity index (χ3n) is 7.38. The molecule has 4 nitrogen and oxygen atoms in total. The van der Waals surface area contributed by atoms with Crippen LogP contribution in [0.4, 0.5) is 0 Å². The van der Waals surface area contributed by atoms with Crippen molar-refractivity contribution in [1.29, 1.82) is 0 Å². The fourth-order valence-electron chi connectivity index (χ4n) is 5.24. The molecule has 1 saturated carbocycles. The lowest BCUT2D eigenvalue weighted by Crippen LogP contribution is -2.33. The fourth-order valence-corrected chi connectivity index (χ4v) is 5.24. The van der Waals surface area contributed by atoms with E-state index < -0.39 is 5.97 Å². The molecular weight excluding hydrogens is 400 g/mol. The summed E-state index contributed by atoms with van der Waals surface area (Å²) in [6, 6.07) is 0. The van der Waals surface area contributed by atoms with Gasteiger partial charge in [-0.3, -0.25) is 9.59 Å². The highest BCUT2D eigenvalue weighted by molar-refractivity contribution is 5.74. The first-order valence-corrected chi connectivity index (χ1v) is 14.0. The highest BCUT2D eigenvalue weighted by atomic mass is 16.5. The van der Waals surface area contributed by atoms with E-state index in [0.29, 0.717) is 31.6 Å². The predicted molar refractivity (Wildman–Crippen MR) is 133 cm³/mol. The molecule has 0 saturated heterocycles. The van der Waals surface area contributed by atoms with Crippen LogP contribution in [0.25, 0.3) is 0 Å². The standard InChI is InChI=1S/C28H52O4/c1-4-7-9-10-11-12-13-15-18-26(23(16-6-3)17-14-8-5-2)32-28(31)25-21-19-24(20-22-25)27(29)30/h23-26H,4-22H2,1-3H3,(H,29,30). The maximum Gasteiger partial charge on any atom is 0.309 e. The average Bonchev–Trinajstić information content (AvgIpc) is 2.79. The Morgan fingerprint density at radius 1 is 0.688 bits per heavy atom. The van der Waals surface area contributed by atoms with Crippen LogP contribution < -0.4 is 0 Å². The minimum Gasteiger partial charge on any atom is -0.481 e. The van der Waals surface area contributed by atoms with E-state index in [1.54, 1.807) is 0 Å². The first-order valence-electron chi connectivity index (χ1n) is 14.0. The molecule has 188 valence electrons. The molecule has 1 aliphatic carbocycles. The van der Waals surface area contributed by atoms with E-state index in [9.17, 15) is 14.7 Å². The normalized spacial score (nSPS) is 20.6. The Balaban J connectivity index is 2.57. The Morgan fingerprint density at radius 2 is 1.19 bits per heavy atom. The molecule has 1 aliphatic rings. The lowest BCUT2D eigenvalue weighted by Gasteiger charge is -2.31. The minimum atomic E-state index is -0.719. The van der Waals surface area contributed by atoms with Crippen molar-refractivity contribution in [2.75, 3.05) is 0 Å². The van der Waals surface area contributed by atoms with Crippen LogP contribution in [0.3, 0.4) is 0 Å². The molecule has 0 spiro atoms. The van der Waals surface area contributed by atoms with Crippen LogP contribution in [0.2, 0.25) is 0 Å². The van der Waals surface area contributed by atoms with Gasteiger partial charge < -0.3 is 9.84 Å². The van der Waals surface area contributed by atoms with Gasteiger partial charge in [-0.15, -0.1) is 0 Å². The number of esters is 1. The van der Waals surface area contributed by atoms with Crippen LogP contribution in [0.1, 0.15) is 143 Å². The van der Waals surface area contributed by atoms with Gasteiger partial charge in [0.15, 0.2) is 0 Å². The molecule has 0 bridgehead atoms. The van der Waals surface area contributed by atoms with Gasteiger partial charge in [0.05, 0.1) is 11.8 Å². The molecule has 2 unspecified atom stereocenters. The predicted octanol–water partition coefficient (Wildman–Crippen LogP) is 8.32. The molecule has 1 rings (SSSR count). The second-order valence-electron chi connectivity index (χ2n) is 10.2. The zero-order valence-electron chi connectivity index (χ0n) is 21.4. The largest absolute Gasteiger partial charge is 0.481 e. The maximum absolute atomic E-state index is 13.0. The maximum atomic E-state index is 13.0. The summed E-state index contributed by atoms with van der Waals surface area (Å²) in [5.41, 5.74) is 0. The van der Waals surface area contributed by atoms with Crippen LogP contribution in [-0.2, 0) is 14.3 Å². The van der Waals surface area contributed by atoms with Gasteiger partial charge in [-0.1, -0.05) is 91.4 Å². The average molecular weight is 453 g/mol. The Hall–Kier alpha value is -1.06. The summed E-state index contributed by atoms with van der Waals surface area (Å²) in [7, 11) is 0. The quantitative estimate of drug-likeness (QED) is 0.158. The number of carbonyl (C=O) groups excluding carboxylic acids is 1. The van der Waals surface area contributed by atoms with Crippen molar-refractivity contribution in [3.63, 3.8) is 0 Å². The van der Waals surface area contributed by atoms with E-state index in [1.807, 2.05) is 0 Å². The van der Waals surface area contributed by atoms with E-state index in [2.05, 4.69) is 20.8 Å². The number of carboxylic acid groups (broad SMARTS) is 1. The van der Waals surface area contributed by atoms with Crippen LogP contribution >= 0.6 is 0 Å². The molecule has 1 fully saturated rings. The number of carboxylic acids is 1. The van der Waals surface area contributed by atoms with E-state index in [4.69, 9.17) is 4.74 Å². The van der Waals surface area contributed by atoms with Gasteiger partial charge in [-0.2, -0.15) is 0 Å². The summed E-state index contributed by atoms with van der Waals surface area (Å²) in [4.78, 5) is 24.2. The van der Waals surface area contributed by atoms with Crippen molar-refractivity contribution >= 4 is 11.9 Å². The molecule has 4 heteroatoms. The van der Waals surface area contributed by atoms with Crippen LogP contribution in [-0.4, -0.2) is 23.1 Å². The molecule has 32 heavy (non-hydrogen) atoms. The van der Waals surface area contributed by atoms with Crippen LogP contribution in [0.15, 0.2) is 0 Å². The molecule has 0 aromatic rings. The van der Waals surface area contributed by atoms with Gasteiger partial charge in [0.2, 0.25) is 0 Å². The number of hydrogen-bond acceptors (Lipinski definition) is 3. The number of carbonyl (C=O) groups is 2. The molecule has 2 atom stereocenters. The second-order valence-corrected chi connectivity index (χ2v) is 10.2. The summed E-state index contributed by atoms with van der Waals surface area (Å²) in [5.74, 6) is -0.702. The van der Waals surface area contributed by atoms with Gasteiger partial charge in [0.25, 0.3) is 0 Å². The monoisotopic (exact) mass is 452 g/mol. The van der Waals surface area contributed by atoms with Gasteiger partial charge in [0, 0.05) is 0 Å². The SMILES string of the molecule is CCCCCCCCCCC(OC(=O)C1CCC(C(=O)O)CC1)C(CCC)CCCCC. The minimum absolute atomic E-state index is 0.0385. The summed E-state index contributed by atoms with van der Waals surface area (Å²) in [5, 5.41) is 9.23. The first kappa shape index (κ1) is 29.0. The molecule has 0 aromatic heterocycles. The van der Waals surface area contributed by atoms with Gasteiger partial charge >= 0.3 is 11.9 Å². The smallest absolute Gasteiger partial charge is 0.309 e. The number of aliphatic carboxylic acids is 1. The molecule has 0 aromatic carbocycles. The van der Waals surface area contributed by atoms with Crippen molar-refractivity contribution in [3.8, 4) is 0 Å². The highest BCUT2D eigenvalue weighted by Crippen LogP contribution is 2.32. The van der Waals surface area contributed by atoms with Crippen molar-refractivity contribution < 1.29 is 19.4 Å². The van der Waals surface area contributed by atoms with E-state index in [-0.39, 0.29) is 23.9 Å². The van der Waals surface area contributed by atoms with Crippen LogP contribution in [0, 0.1) is 17.8 Å². The van der Waals surface area contributed by atoms with E-state index >= 15 is 0 Å². The zero-order valence-corrected chi connectivity index (χ0v) is 21.4. The fraction of sp³-hybridized carbons (Fsp3) is 0.929. The molecule has 0 heterocycles. The summed E-state index contributed by atoms with van der Waals surface area (Å²) < 4.78 is 6.20. The van der Waals surface area contributed by atoms with E-state index in [0.717, 1.165) is 32.1 Å². The Morgan fingerprint density at radius 3 is 1.75 bits per heavy atom. The van der Waals surface area contributed by atoms with Gasteiger partial charge in [-0.05, 0) is 57.3 Å². The molecule has 0 radical (unpaired) electrons. The topological polar surface area (TPSA) is 63.6 Å². The zero-order chi connectivity index (χ0) is 23.6. The third-order valence-corrected chi connectivity index (χ3v) is 7.38. The van der Waals surface area contributed by atoms with Gasteiger partial charge in [-0.25, -0.2) is 0 Å². The lowest BCUT2D eigenvalue weighted by molar-refractivity contribution is -0.160. The molecule has 0 amide bonds. The van der Waals surface area contributed by atoms with Gasteiger partial charge in [0.1, 0.15) is 6.10 Å². The number of rotatable bonds is 19. The number of hydrogen-bond donors (Lipinski definition) is 1. The van der Waals surface area contributed by atoms with Crippen molar-refractivity contribution in [1.82, 2.24) is 0 Å². The van der Waals surface area contributed by atoms with Crippen molar-refractivity contribution in [2.45, 2.75) is 149 Å². The van der Waals surface area contributed by atoms with E-state index in [1.165, 1.54) is 64.2 Å².